The summed E-state index contributed by atoms with van der Waals surface area (Å²) in [5.41, 5.74) is 1.66. The van der Waals surface area contributed by atoms with Crippen LogP contribution in [0.4, 0.5) is 5.69 Å². The van der Waals surface area contributed by atoms with Crippen LogP contribution in [0.3, 0.4) is 0 Å². The standard InChI is InChI=1S/C20H21N3O4S/c24-19-17-3-1-2-4-18(17)28-20(15-5-7-16(8-6-15)23(25)26)22(19)10-9-21-11-13-27-14-12-21/h1-8,20H,9-14H2. The third-order valence-corrected chi connectivity index (χ3v) is 6.41. The molecular weight excluding hydrogens is 378 g/mol. The Kier molecular flexibility index (Phi) is 5.61. The molecule has 0 radical (unpaired) electrons. The van der Waals surface area contributed by atoms with E-state index in [1.807, 2.05) is 29.2 Å². The minimum atomic E-state index is -0.408. The summed E-state index contributed by atoms with van der Waals surface area (Å²) in [5.74, 6) is 0.00552. The van der Waals surface area contributed by atoms with E-state index in [2.05, 4.69) is 4.90 Å². The number of benzene rings is 2. The molecule has 2 aliphatic rings. The Morgan fingerprint density at radius 1 is 1.07 bits per heavy atom. The first-order valence-electron chi connectivity index (χ1n) is 9.24. The van der Waals surface area contributed by atoms with Crippen LogP contribution in [0.25, 0.3) is 0 Å². The number of thioether (sulfide) groups is 1. The van der Waals surface area contributed by atoms with Gasteiger partial charge in [-0.1, -0.05) is 23.9 Å². The van der Waals surface area contributed by atoms with Crippen LogP contribution in [-0.2, 0) is 4.74 Å². The normalized spacial score (nSPS) is 20.1. The molecule has 0 bridgehead atoms. The van der Waals surface area contributed by atoms with Crippen LogP contribution in [0.2, 0.25) is 0 Å². The maximum Gasteiger partial charge on any atom is 0.269 e. The third kappa shape index (κ3) is 3.89. The summed E-state index contributed by atoms with van der Waals surface area (Å²) in [7, 11) is 0. The van der Waals surface area contributed by atoms with Gasteiger partial charge in [-0.15, -0.1) is 0 Å². The van der Waals surface area contributed by atoms with Crippen molar-refractivity contribution in [2.24, 2.45) is 0 Å². The van der Waals surface area contributed by atoms with Crippen LogP contribution < -0.4 is 0 Å². The molecule has 0 spiro atoms. The van der Waals surface area contributed by atoms with Crippen LogP contribution in [-0.4, -0.2) is 60.0 Å². The molecule has 8 heteroatoms. The average Bonchev–Trinajstić information content (AvgIpc) is 2.74. The van der Waals surface area contributed by atoms with Gasteiger partial charge in [0, 0.05) is 43.2 Å². The molecule has 146 valence electrons. The molecule has 2 heterocycles. The molecule has 1 saturated heterocycles. The zero-order valence-electron chi connectivity index (χ0n) is 15.3. The van der Waals surface area contributed by atoms with E-state index in [-0.39, 0.29) is 17.0 Å². The Morgan fingerprint density at radius 3 is 2.50 bits per heavy atom. The summed E-state index contributed by atoms with van der Waals surface area (Å²) < 4.78 is 5.40. The molecule has 0 aliphatic carbocycles. The van der Waals surface area contributed by atoms with Crippen molar-refractivity contribution in [3.8, 4) is 0 Å². The van der Waals surface area contributed by atoms with Gasteiger partial charge >= 0.3 is 0 Å². The van der Waals surface area contributed by atoms with Crippen LogP contribution in [0, 0.1) is 10.1 Å². The Morgan fingerprint density at radius 2 is 1.79 bits per heavy atom. The number of nitro benzene ring substituents is 1. The predicted molar refractivity (Wildman–Crippen MR) is 106 cm³/mol. The van der Waals surface area contributed by atoms with E-state index < -0.39 is 4.92 Å². The first-order chi connectivity index (χ1) is 13.6. The largest absolute Gasteiger partial charge is 0.379 e. The lowest BCUT2D eigenvalue weighted by Gasteiger charge is -2.38. The number of morpholine rings is 1. The number of hydrogen-bond acceptors (Lipinski definition) is 6. The number of rotatable bonds is 5. The smallest absolute Gasteiger partial charge is 0.269 e. The van der Waals surface area contributed by atoms with E-state index in [1.165, 1.54) is 12.1 Å². The van der Waals surface area contributed by atoms with E-state index in [9.17, 15) is 14.9 Å². The topological polar surface area (TPSA) is 75.9 Å². The predicted octanol–water partition coefficient (Wildman–Crippen LogP) is 3.17. The molecule has 1 amide bonds. The van der Waals surface area contributed by atoms with Gasteiger partial charge in [-0.25, -0.2) is 0 Å². The van der Waals surface area contributed by atoms with Crippen molar-refractivity contribution in [1.82, 2.24) is 9.80 Å². The summed E-state index contributed by atoms with van der Waals surface area (Å²) in [4.78, 5) is 28.9. The second-order valence-corrected chi connectivity index (χ2v) is 7.89. The highest BCUT2D eigenvalue weighted by molar-refractivity contribution is 7.99. The van der Waals surface area contributed by atoms with Crippen molar-refractivity contribution in [1.29, 1.82) is 0 Å². The van der Waals surface area contributed by atoms with Gasteiger partial charge in [0.15, 0.2) is 0 Å². The highest BCUT2D eigenvalue weighted by Crippen LogP contribution is 2.44. The van der Waals surface area contributed by atoms with Crippen molar-refractivity contribution in [3.05, 3.63) is 69.8 Å². The summed E-state index contributed by atoms with van der Waals surface area (Å²) in [6.45, 7) is 4.56. The zero-order valence-corrected chi connectivity index (χ0v) is 16.1. The number of non-ortho nitro benzene ring substituents is 1. The van der Waals surface area contributed by atoms with E-state index in [1.54, 1.807) is 23.9 Å². The van der Waals surface area contributed by atoms with Crippen LogP contribution in [0.5, 0.6) is 0 Å². The first-order valence-corrected chi connectivity index (χ1v) is 10.1. The number of carbonyl (C=O) groups excluding carboxylic acids is 1. The maximum atomic E-state index is 13.2. The highest BCUT2D eigenvalue weighted by atomic mass is 32.2. The van der Waals surface area contributed by atoms with Crippen molar-refractivity contribution in [2.75, 3.05) is 39.4 Å². The molecule has 0 N–H and O–H groups in total. The molecule has 7 nitrogen and oxygen atoms in total. The molecule has 2 aliphatic heterocycles. The Balaban J connectivity index is 1.60. The number of nitrogens with zero attached hydrogens (tertiary/aromatic N) is 3. The summed E-state index contributed by atoms with van der Waals surface area (Å²) in [6.07, 6.45) is 0. The van der Waals surface area contributed by atoms with Gasteiger partial charge < -0.3 is 9.64 Å². The number of fused-ring (bicyclic) bond motifs is 1. The third-order valence-electron chi connectivity index (χ3n) is 5.05. The number of ether oxygens (including phenoxy) is 1. The fraction of sp³-hybridized carbons (Fsp3) is 0.350. The molecule has 2 aromatic rings. The molecule has 28 heavy (non-hydrogen) atoms. The number of carbonyl (C=O) groups is 1. The van der Waals surface area contributed by atoms with E-state index in [4.69, 9.17) is 4.74 Å². The van der Waals surface area contributed by atoms with Crippen molar-refractivity contribution >= 4 is 23.4 Å². The van der Waals surface area contributed by atoms with Crippen molar-refractivity contribution in [3.63, 3.8) is 0 Å². The van der Waals surface area contributed by atoms with Crippen LogP contribution >= 0.6 is 11.8 Å². The van der Waals surface area contributed by atoms with Gasteiger partial charge in [-0.2, -0.15) is 0 Å². The average molecular weight is 399 g/mol. The van der Waals surface area contributed by atoms with Gasteiger partial charge in [-0.3, -0.25) is 19.8 Å². The summed E-state index contributed by atoms with van der Waals surface area (Å²) >= 11 is 1.61. The van der Waals surface area contributed by atoms with E-state index in [0.717, 1.165) is 43.3 Å². The van der Waals surface area contributed by atoms with Crippen molar-refractivity contribution < 1.29 is 14.5 Å². The van der Waals surface area contributed by atoms with Gasteiger partial charge in [0.05, 0.1) is 23.7 Å². The second-order valence-electron chi connectivity index (χ2n) is 6.77. The van der Waals surface area contributed by atoms with Crippen LogP contribution in [0.1, 0.15) is 21.3 Å². The second kappa shape index (κ2) is 8.30. The molecule has 1 fully saturated rings. The summed E-state index contributed by atoms with van der Waals surface area (Å²) in [5, 5.41) is 10.8. The SMILES string of the molecule is O=C1c2ccccc2SC(c2ccc([N+](=O)[O-])cc2)N1CCN1CCOCC1. The van der Waals surface area contributed by atoms with Gasteiger partial charge in [-0.05, 0) is 29.8 Å². The highest BCUT2D eigenvalue weighted by Gasteiger charge is 2.34. The lowest BCUT2D eigenvalue weighted by Crippen LogP contribution is -2.44. The zero-order chi connectivity index (χ0) is 19.5. The minimum absolute atomic E-state index is 0.00552. The molecule has 0 saturated carbocycles. The fourth-order valence-electron chi connectivity index (χ4n) is 3.49. The summed E-state index contributed by atoms with van der Waals surface area (Å²) in [6, 6.07) is 14.1. The first kappa shape index (κ1) is 18.9. The molecule has 4 rings (SSSR count). The lowest BCUT2D eigenvalue weighted by molar-refractivity contribution is -0.384. The minimum Gasteiger partial charge on any atom is -0.379 e. The van der Waals surface area contributed by atoms with Crippen LogP contribution in [0.15, 0.2) is 53.4 Å². The van der Waals surface area contributed by atoms with Crippen molar-refractivity contribution in [2.45, 2.75) is 10.3 Å². The van der Waals surface area contributed by atoms with Gasteiger partial charge in [0.1, 0.15) is 5.37 Å². The van der Waals surface area contributed by atoms with E-state index in [0.29, 0.717) is 12.1 Å². The maximum absolute atomic E-state index is 13.2. The number of hydrogen-bond donors (Lipinski definition) is 0. The Labute approximate surface area is 167 Å². The molecule has 1 atom stereocenters. The monoisotopic (exact) mass is 399 g/mol. The molecular formula is C20H21N3O4S. The molecule has 2 aromatic carbocycles. The quantitative estimate of drug-likeness (QED) is 0.568. The van der Waals surface area contributed by atoms with E-state index >= 15 is 0 Å². The molecule has 1 unspecified atom stereocenters. The Bertz CT molecular complexity index is 868. The number of amides is 1. The molecule has 0 aromatic heterocycles. The Hall–Kier alpha value is -2.42. The fourth-order valence-corrected chi connectivity index (χ4v) is 4.79. The van der Waals surface area contributed by atoms with Gasteiger partial charge in [0.25, 0.3) is 11.6 Å². The van der Waals surface area contributed by atoms with Gasteiger partial charge in [0.2, 0.25) is 0 Å². The number of nitro groups is 1. The lowest BCUT2D eigenvalue weighted by atomic mass is 10.1.